The van der Waals surface area contributed by atoms with Crippen LogP contribution in [0.5, 0.6) is 0 Å². The first-order valence-electron chi connectivity index (χ1n) is 10.5. The van der Waals surface area contributed by atoms with Crippen LogP contribution in [0.1, 0.15) is 6.92 Å². The van der Waals surface area contributed by atoms with E-state index in [0.717, 1.165) is 6.07 Å². The Kier molecular flexibility index (Phi) is 6.71. The summed E-state index contributed by atoms with van der Waals surface area (Å²) in [5.41, 5.74) is 6.76. The molecular formula is C22H24F3N7OS. The van der Waals surface area contributed by atoms with Crippen molar-refractivity contribution in [2.24, 2.45) is 10.7 Å². The lowest BCUT2D eigenvalue weighted by Gasteiger charge is -2.37. The zero-order valence-corrected chi connectivity index (χ0v) is 19.9. The number of hydrogen-bond acceptors (Lipinski definition) is 9. The van der Waals surface area contributed by atoms with Crippen LogP contribution in [0.3, 0.4) is 0 Å². The van der Waals surface area contributed by atoms with Gasteiger partial charge >= 0.3 is 0 Å². The Morgan fingerprint density at radius 3 is 2.59 bits per heavy atom. The normalized spacial score (nSPS) is 19.4. The second-order valence-electron chi connectivity index (χ2n) is 8.06. The Morgan fingerprint density at radius 1 is 1.18 bits per heavy atom. The zero-order valence-electron chi connectivity index (χ0n) is 19.1. The maximum absolute atomic E-state index is 14.8. The number of nitrogens with two attached hydrogens (primary N) is 1. The molecule has 0 amide bonds. The number of rotatable bonds is 5. The van der Waals surface area contributed by atoms with Crippen molar-refractivity contribution < 1.29 is 17.9 Å². The summed E-state index contributed by atoms with van der Waals surface area (Å²) < 4.78 is 49.0. The topological polar surface area (TPSA) is 92.8 Å². The Bertz CT molecular complexity index is 1280. The fourth-order valence-electron chi connectivity index (χ4n) is 3.70. The average Bonchev–Trinajstić information content (AvgIpc) is 3.23. The van der Waals surface area contributed by atoms with E-state index < -0.39 is 23.6 Å². The first-order valence-corrected chi connectivity index (χ1v) is 11.3. The van der Waals surface area contributed by atoms with Gasteiger partial charge in [-0.25, -0.2) is 18.2 Å². The number of hydrogen-bond donors (Lipinski definition) is 1. The molecule has 1 fully saturated rings. The molecule has 0 spiro atoms. The number of anilines is 2. The molecule has 1 aromatic carbocycles. The van der Waals surface area contributed by atoms with E-state index in [2.05, 4.69) is 19.9 Å². The van der Waals surface area contributed by atoms with Gasteiger partial charge in [-0.15, -0.1) is 0 Å². The van der Waals surface area contributed by atoms with Crippen molar-refractivity contribution in [3.63, 3.8) is 0 Å². The predicted molar refractivity (Wildman–Crippen MR) is 128 cm³/mol. The van der Waals surface area contributed by atoms with E-state index in [1.54, 1.807) is 18.2 Å². The second kappa shape index (κ2) is 9.55. The van der Waals surface area contributed by atoms with E-state index in [4.69, 9.17) is 10.5 Å². The Balaban J connectivity index is 1.86. The van der Waals surface area contributed by atoms with E-state index >= 15 is 0 Å². The number of thiazole rings is 1. The highest BCUT2D eigenvalue weighted by atomic mass is 32.1. The van der Waals surface area contributed by atoms with Crippen LogP contribution in [0.25, 0.3) is 21.6 Å². The van der Waals surface area contributed by atoms with Crippen LogP contribution in [0.2, 0.25) is 0 Å². The molecule has 1 aliphatic heterocycles. The van der Waals surface area contributed by atoms with Crippen molar-refractivity contribution in [2.45, 2.75) is 19.1 Å². The molecule has 0 radical (unpaired) electrons. The number of halogens is 3. The fourth-order valence-corrected chi connectivity index (χ4v) is 4.63. The van der Waals surface area contributed by atoms with Gasteiger partial charge in [0.25, 0.3) is 0 Å². The van der Waals surface area contributed by atoms with E-state index in [0.29, 0.717) is 40.2 Å². The Morgan fingerprint density at radius 2 is 1.91 bits per heavy atom. The molecule has 0 saturated carbocycles. The van der Waals surface area contributed by atoms with Crippen molar-refractivity contribution in [3.05, 3.63) is 41.4 Å². The standard InChI is InChI=1S/C22H24F3N7OS/c1-11-9-32(10-17(33-11)12(7-26)8-27-2)21-28-18(13-5-15(24)16(25)6-14(13)23)19-20(29-21)30-22(34-19)31(3)4/h5-8,11,17H,9-10,26H2,1-4H3/b12-7+,27-8?/t11-,17-/m0/s1. The minimum Gasteiger partial charge on any atom is -0.404 e. The molecule has 2 N–H and O–H groups in total. The van der Waals surface area contributed by atoms with Gasteiger partial charge in [0.15, 0.2) is 22.4 Å². The van der Waals surface area contributed by atoms with Crippen LogP contribution in [-0.2, 0) is 4.74 Å². The number of ether oxygens (including phenoxy) is 1. The maximum atomic E-state index is 14.8. The third-order valence-electron chi connectivity index (χ3n) is 5.26. The van der Waals surface area contributed by atoms with Crippen LogP contribution in [0.4, 0.5) is 24.3 Å². The van der Waals surface area contributed by atoms with Gasteiger partial charge in [-0.3, -0.25) is 4.99 Å². The lowest BCUT2D eigenvalue weighted by atomic mass is 10.1. The molecule has 1 aliphatic rings. The largest absolute Gasteiger partial charge is 0.404 e. The van der Waals surface area contributed by atoms with E-state index in [-0.39, 0.29) is 23.3 Å². The van der Waals surface area contributed by atoms with E-state index in [9.17, 15) is 13.2 Å². The predicted octanol–water partition coefficient (Wildman–Crippen LogP) is 3.37. The second-order valence-corrected chi connectivity index (χ2v) is 9.03. The number of aromatic nitrogens is 3. The highest BCUT2D eigenvalue weighted by Crippen LogP contribution is 2.37. The van der Waals surface area contributed by atoms with Crippen molar-refractivity contribution in [1.29, 1.82) is 0 Å². The van der Waals surface area contributed by atoms with Crippen LogP contribution in [0, 0.1) is 17.5 Å². The maximum Gasteiger partial charge on any atom is 0.228 e. The Hall–Kier alpha value is -3.25. The average molecular weight is 492 g/mol. The minimum atomic E-state index is -1.27. The van der Waals surface area contributed by atoms with Gasteiger partial charge in [0, 0.05) is 57.3 Å². The summed E-state index contributed by atoms with van der Waals surface area (Å²) in [5, 5.41) is 0.617. The molecule has 180 valence electrons. The first-order chi connectivity index (χ1) is 16.2. The molecular weight excluding hydrogens is 467 g/mol. The van der Waals surface area contributed by atoms with Gasteiger partial charge in [-0.05, 0) is 13.0 Å². The molecule has 0 bridgehead atoms. The van der Waals surface area contributed by atoms with Gasteiger partial charge in [-0.1, -0.05) is 11.3 Å². The SMILES string of the molecule is CN=C/C(=C\N)[C@@H]1CN(c2nc(-c3cc(F)c(F)cc3F)c3sc(N(C)C)nc3n2)C[C@H](C)O1. The van der Waals surface area contributed by atoms with Crippen LogP contribution >= 0.6 is 11.3 Å². The molecule has 34 heavy (non-hydrogen) atoms. The lowest BCUT2D eigenvalue weighted by molar-refractivity contribution is 0.00667. The minimum absolute atomic E-state index is 0.141. The molecule has 1 saturated heterocycles. The third kappa shape index (κ3) is 4.55. The quantitative estimate of drug-likeness (QED) is 0.432. The number of morpholine rings is 1. The summed E-state index contributed by atoms with van der Waals surface area (Å²) in [6, 6.07) is 1.32. The van der Waals surface area contributed by atoms with E-state index in [1.165, 1.54) is 17.5 Å². The number of fused-ring (bicyclic) bond motifs is 1. The highest BCUT2D eigenvalue weighted by Gasteiger charge is 2.30. The number of nitrogens with zero attached hydrogens (tertiary/aromatic N) is 6. The van der Waals surface area contributed by atoms with Crippen molar-refractivity contribution in [2.75, 3.05) is 44.0 Å². The first kappa shape index (κ1) is 23.9. The summed E-state index contributed by atoms with van der Waals surface area (Å²) in [6.45, 7) is 2.71. The molecule has 3 heterocycles. The molecule has 0 unspecified atom stereocenters. The monoisotopic (exact) mass is 491 g/mol. The van der Waals surface area contributed by atoms with E-state index in [1.807, 2.05) is 25.9 Å². The number of benzene rings is 1. The van der Waals surface area contributed by atoms with Crippen molar-refractivity contribution in [1.82, 2.24) is 15.0 Å². The van der Waals surface area contributed by atoms with Gasteiger partial charge in [0.1, 0.15) is 16.6 Å². The lowest BCUT2D eigenvalue weighted by Crippen LogP contribution is -2.48. The summed E-state index contributed by atoms with van der Waals surface area (Å²) in [6.07, 6.45) is 2.46. The van der Waals surface area contributed by atoms with Crippen LogP contribution in [-0.4, -0.2) is 67.6 Å². The molecule has 12 heteroatoms. The molecule has 4 rings (SSSR count). The highest BCUT2D eigenvalue weighted by molar-refractivity contribution is 7.22. The molecule has 8 nitrogen and oxygen atoms in total. The van der Waals surface area contributed by atoms with Crippen LogP contribution in [0.15, 0.2) is 28.9 Å². The Labute approximate surface area is 198 Å². The molecule has 3 aromatic rings. The van der Waals surface area contributed by atoms with Gasteiger partial charge in [-0.2, -0.15) is 9.97 Å². The summed E-state index contributed by atoms with van der Waals surface area (Å²) in [7, 11) is 5.26. The van der Waals surface area contributed by atoms with Crippen LogP contribution < -0.4 is 15.5 Å². The summed E-state index contributed by atoms with van der Waals surface area (Å²) >= 11 is 1.24. The zero-order chi connectivity index (χ0) is 24.6. The van der Waals surface area contributed by atoms with Crippen molar-refractivity contribution >= 4 is 39.0 Å². The van der Waals surface area contributed by atoms with Gasteiger partial charge in [0.2, 0.25) is 5.95 Å². The van der Waals surface area contributed by atoms with Gasteiger partial charge in [0.05, 0.1) is 18.3 Å². The smallest absolute Gasteiger partial charge is 0.228 e. The molecule has 0 aliphatic carbocycles. The third-order valence-corrected chi connectivity index (χ3v) is 6.48. The molecule has 2 aromatic heterocycles. The summed E-state index contributed by atoms with van der Waals surface area (Å²) in [5.74, 6) is -3.09. The fraction of sp³-hybridized carbons (Fsp3) is 0.364. The number of aliphatic imine (C=N–C) groups is 1. The van der Waals surface area contributed by atoms with Gasteiger partial charge < -0.3 is 20.3 Å². The molecule has 2 atom stereocenters. The van der Waals surface area contributed by atoms with Crippen molar-refractivity contribution in [3.8, 4) is 11.3 Å². The summed E-state index contributed by atoms with van der Waals surface area (Å²) in [4.78, 5) is 21.4.